The van der Waals surface area contributed by atoms with Crippen molar-refractivity contribution in [2.24, 2.45) is 0 Å². The highest BCUT2D eigenvalue weighted by molar-refractivity contribution is 5.62. The van der Waals surface area contributed by atoms with Gasteiger partial charge in [0.25, 0.3) is 0 Å². The third-order valence-electron chi connectivity index (χ3n) is 3.04. The van der Waals surface area contributed by atoms with E-state index in [0.717, 1.165) is 36.4 Å². The van der Waals surface area contributed by atoms with E-state index < -0.39 is 0 Å². The second-order valence-corrected chi connectivity index (χ2v) is 4.35. The van der Waals surface area contributed by atoms with E-state index >= 15 is 0 Å². The molecule has 0 atom stereocenters. The number of rotatable bonds is 6. The van der Waals surface area contributed by atoms with Crippen molar-refractivity contribution in [1.82, 2.24) is 15.0 Å². The molecule has 1 aromatic heterocycles. The third-order valence-corrected chi connectivity index (χ3v) is 3.04. The molecule has 0 aliphatic heterocycles. The number of ether oxygens (including phenoxy) is 1. The van der Waals surface area contributed by atoms with Crippen LogP contribution >= 0.6 is 0 Å². The van der Waals surface area contributed by atoms with Crippen LogP contribution in [0.1, 0.15) is 25.5 Å². The molecule has 0 bridgehead atoms. The number of aliphatic hydroxyl groups is 1. The van der Waals surface area contributed by atoms with Gasteiger partial charge in [-0.2, -0.15) is 0 Å². The Kier molecular flexibility index (Phi) is 4.52. The Morgan fingerprint density at radius 2 is 2.00 bits per heavy atom. The lowest BCUT2D eigenvalue weighted by Gasteiger charge is -2.08. The van der Waals surface area contributed by atoms with Crippen molar-refractivity contribution < 1.29 is 9.84 Å². The highest BCUT2D eigenvalue weighted by atomic mass is 16.5. The van der Waals surface area contributed by atoms with Crippen LogP contribution in [0, 0.1) is 0 Å². The van der Waals surface area contributed by atoms with Gasteiger partial charge in [0.2, 0.25) is 0 Å². The van der Waals surface area contributed by atoms with Crippen LogP contribution in [0.3, 0.4) is 0 Å². The lowest BCUT2D eigenvalue weighted by atomic mass is 10.1. The normalized spacial score (nSPS) is 10.7. The fourth-order valence-electron chi connectivity index (χ4n) is 1.98. The van der Waals surface area contributed by atoms with E-state index in [1.165, 1.54) is 0 Å². The van der Waals surface area contributed by atoms with Crippen molar-refractivity contribution in [2.45, 2.75) is 32.9 Å². The van der Waals surface area contributed by atoms with Crippen LogP contribution in [0.2, 0.25) is 0 Å². The van der Waals surface area contributed by atoms with Crippen molar-refractivity contribution in [2.75, 3.05) is 7.11 Å². The van der Waals surface area contributed by atoms with Gasteiger partial charge in [0, 0.05) is 12.1 Å². The number of aliphatic hydroxyl groups excluding tert-OH is 1. The maximum atomic E-state index is 9.38. The Morgan fingerprint density at radius 3 is 2.58 bits per heavy atom. The molecule has 2 rings (SSSR count). The van der Waals surface area contributed by atoms with E-state index in [1.807, 2.05) is 28.9 Å². The van der Waals surface area contributed by atoms with Gasteiger partial charge in [-0.1, -0.05) is 18.6 Å². The van der Waals surface area contributed by atoms with Gasteiger partial charge < -0.3 is 9.84 Å². The van der Waals surface area contributed by atoms with Crippen molar-refractivity contribution in [3.63, 3.8) is 0 Å². The summed E-state index contributed by atoms with van der Waals surface area (Å²) in [5.74, 6) is 0.807. The van der Waals surface area contributed by atoms with Gasteiger partial charge >= 0.3 is 0 Å². The monoisotopic (exact) mass is 261 g/mol. The minimum absolute atomic E-state index is 0.104. The molecule has 0 fully saturated rings. The fourth-order valence-corrected chi connectivity index (χ4v) is 1.98. The molecule has 0 radical (unpaired) electrons. The minimum atomic E-state index is -0.104. The Balaban J connectivity index is 2.36. The average molecular weight is 261 g/mol. The predicted octanol–water partition coefficient (Wildman–Crippen LogP) is 2.25. The van der Waals surface area contributed by atoms with Crippen LogP contribution in [-0.2, 0) is 13.2 Å². The van der Waals surface area contributed by atoms with Crippen LogP contribution in [0.5, 0.6) is 5.75 Å². The molecule has 0 aliphatic carbocycles. The first-order chi connectivity index (χ1) is 9.30. The second-order valence-electron chi connectivity index (χ2n) is 4.35. The quantitative estimate of drug-likeness (QED) is 0.866. The molecule has 5 heteroatoms. The number of aromatic nitrogens is 3. The van der Waals surface area contributed by atoms with Crippen LogP contribution < -0.4 is 4.74 Å². The van der Waals surface area contributed by atoms with Gasteiger partial charge in [0.05, 0.1) is 19.4 Å². The summed E-state index contributed by atoms with van der Waals surface area (Å²) in [5.41, 5.74) is 2.49. The number of hydrogen-bond acceptors (Lipinski definition) is 4. The van der Waals surface area contributed by atoms with E-state index in [9.17, 15) is 5.11 Å². The van der Waals surface area contributed by atoms with Crippen LogP contribution in [0.4, 0.5) is 0 Å². The van der Waals surface area contributed by atoms with Gasteiger partial charge in [-0.05, 0) is 30.7 Å². The van der Waals surface area contributed by atoms with Crippen molar-refractivity contribution >= 4 is 0 Å². The van der Waals surface area contributed by atoms with Crippen LogP contribution in [0.15, 0.2) is 24.3 Å². The predicted molar refractivity (Wildman–Crippen MR) is 72.8 cm³/mol. The SMILES string of the molecule is CCCCn1nnc(CO)c1-c1ccc(OC)cc1. The van der Waals surface area contributed by atoms with Crippen LogP contribution in [-0.4, -0.2) is 27.2 Å². The molecular formula is C14H19N3O2. The summed E-state index contributed by atoms with van der Waals surface area (Å²) < 4.78 is 7.01. The maximum Gasteiger partial charge on any atom is 0.118 e. The molecule has 0 unspecified atom stereocenters. The van der Waals surface area contributed by atoms with Gasteiger partial charge in [-0.3, -0.25) is 0 Å². The summed E-state index contributed by atoms with van der Waals surface area (Å²) in [5, 5.41) is 17.5. The van der Waals surface area contributed by atoms with Gasteiger partial charge in [-0.25, -0.2) is 4.68 Å². The van der Waals surface area contributed by atoms with E-state index in [2.05, 4.69) is 17.2 Å². The molecule has 2 aromatic rings. The number of hydrogen-bond donors (Lipinski definition) is 1. The molecule has 102 valence electrons. The topological polar surface area (TPSA) is 60.2 Å². The molecule has 0 spiro atoms. The van der Waals surface area contributed by atoms with Gasteiger partial charge in [0.1, 0.15) is 11.4 Å². The first-order valence-electron chi connectivity index (χ1n) is 6.47. The number of aryl methyl sites for hydroxylation is 1. The number of nitrogens with zero attached hydrogens (tertiary/aromatic N) is 3. The summed E-state index contributed by atoms with van der Waals surface area (Å²) in [6.07, 6.45) is 2.13. The number of unbranched alkanes of at least 4 members (excludes halogenated alkanes) is 1. The van der Waals surface area contributed by atoms with Crippen molar-refractivity contribution in [3.8, 4) is 17.0 Å². The molecule has 0 amide bonds. The largest absolute Gasteiger partial charge is 0.497 e. The van der Waals surface area contributed by atoms with Crippen molar-refractivity contribution in [1.29, 1.82) is 0 Å². The summed E-state index contributed by atoms with van der Waals surface area (Å²) in [6.45, 7) is 2.84. The van der Waals surface area contributed by atoms with E-state index in [4.69, 9.17) is 4.74 Å². The Labute approximate surface area is 112 Å². The number of methoxy groups -OCH3 is 1. The zero-order valence-corrected chi connectivity index (χ0v) is 11.3. The maximum absolute atomic E-state index is 9.38. The Morgan fingerprint density at radius 1 is 1.26 bits per heavy atom. The lowest BCUT2D eigenvalue weighted by molar-refractivity contribution is 0.277. The van der Waals surface area contributed by atoms with E-state index in [1.54, 1.807) is 7.11 Å². The van der Waals surface area contributed by atoms with E-state index in [0.29, 0.717) is 5.69 Å². The first kappa shape index (κ1) is 13.5. The zero-order chi connectivity index (χ0) is 13.7. The molecule has 0 saturated heterocycles. The standard InChI is InChI=1S/C14H19N3O2/c1-3-4-9-17-14(13(10-18)15-16-17)11-5-7-12(19-2)8-6-11/h5-8,18H,3-4,9-10H2,1-2H3. The van der Waals surface area contributed by atoms with Gasteiger partial charge in [-0.15, -0.1) is 5.10 Å². The lowest BCUT2D eigenvalue weighted by Crippen LogP contribution is -2.03. The summed E-state index contributed by atoms with van der Waals surface area (Å²) >= 11 is 0. The molecule has 0 saturated carbocycles. The van der Waals surface area contributed by atoms with Crippen LogP contribution in [0.25, 0.3) is 11.3 Å². The second kappa shape index (κ2) is 6.33. The fraction of sp³-hybridized carbons (Fsp3) is 0.429. The molecule has 1 aromatic carbocycles. The first-order valence-corrected chi connectivity index (χ1v) is 6.47. The zero-order valence-electron chi connectivity index (χ0n) is 11.3. The number of benzene rings is 1. The third kappa shape index (κ3) is 2.93. The minimum Gasteiger partial charge on any atom is -0.497 e. The summed E-state index contributed by atoms with van der Waals surface area (Å²) in [4.78, 5) is 0. The Hall–Kier alpha value is -1.88. The van der Waals surface area contributed by atoms with Gasteiger partial charge in [0.15, 0.2) is 0 Å². The smallest absolute Gasteiger partial charge is 0.118 e. The van der Waals surface area contributed by atoms with E-state index in [-0.39, 0.29) is 6.61 Å². The molecule has 1 heterocycles. The molecule has 19 heavy (non-hydrogen) atoms. The molecule has 0 aliphatic rings. The molecular weight excluding hydrogens is 242 g/mol. The highest BCUT2D eigenvalue weighted by Gasteiger charge is 2.13. The summed E-state index contributed by atoms with van der Waals surface area (Å²) in [6, 6.07) is 7.71. The summed E-state index contributed by atoms with van der Waals surface area (Å²) in [7, 11) is 1.64. The highest BCUT2D eigenvalue weighted by Crippen LogP contribution is 2.25. The average Bonchev–Trinajstić information content (AvgIpc) is 2.88. The van der Waals surface area contributed by atoms with Crippen molar-refractivity contribution in [3.05, 3.63) is 30.0 Å². The molecule has 1 N–H and O–H groups in total. The molecule has 5 nitrogen and oxygen atoms in total. The Bertz CT molecular complexity index is 520.